The lowest BCUT2D eigenvalue weighted by molar-refractivity contribution is 0.103. The maximum absolute atomic E-state index is 12.9. The van der Waals surface area contributed by atoms with Gasteiger partial charge in [-0.3, -0.25) is 14.2 Å². The number of phenolic OH excluding ortho intramolecular Hbond substituents is 1. The molecule has 1 aromatic heterocycles. The summed E-state index contributed by atoms with van der Waals surface area (Å²) < 4.78 is 1.91. The maximum Gasteiger partial charge on any atom is 0.273 e. The van der Waals surface area contributed by atoms with E-state index in [1.165, 1.54) is 29.0 Å². The highest BCUT2D eigenvalue weighted by molar-refractivity contribution is 9.10. The molecule has 0 atom stereocenters. The van der Waals surface area contributed by atoms with Gasteiger partial charge in [0, 0.05) is 21.9 Å². The van der Waals surface area contributed by atoms with Gasteiger partial charge in [0.05, 0.1) is 5.56 Å². The van der Waals surface area contributed by atoms with Crippen LogP contribution in [0.3, 0.4) is 0 Å². The highest BCUT2D eigenvalue weighted by atomic mass is 79.9. The number of ketones is 1. The van der Waals surface area contributed by atoms with Gasteiger partial charge in [-0.25, -0.2) is 0 Å². The molecule has 0 amide bonds. The number of carbonyl (C=O) groups excluding carboxylic acids is 1. The van der Waals surface area contributed by atoms with Crippen LogP contribution in [0.5, 0.6) is 5.75 Å². The third-order valence-electron chi connectivity index (χ3n) is 4.23. The van der Waals surface area contributed by atoms with E-state index in [1.54, 1.807) is 18.2 Å². The van der Waals surface area contributed by atoms with E-state index < -0.39 is 11.3 Å². The topological polar surface area (TPSA) is 83.1 Å². The van der Waals surface area contributed by atoms with Crippen LogP contribution in [-0.4, -0.2) is 15.5 Å². The fourth-order valence-corrected chi connectivity index (χ4v) is 3.08. The van der Waals surface area contributed by atoms with Crippen LogP contribution >= 0.6 is 15.9 Å². The lowest BCUT2D eigenvalue weighted by Gasteiger charge is -2.11. The molecule has 27 heavy (non-hydrogen) atoms. The van der Waals surface area contributed by atoms with Crippen molar-refractivity contribution < 1.29 is 9.90 Å². The van der Waals surface area contributed by atoms with Crippen molar-refractivity contribution in [2.75, 3.05) is 0 Å². The van der Waals surface area contributed by atoms with Crippen molar-refractivity contribution in [3.63, 3.8) is 0 Å². The van der Waals surface area contributed by atoms with E-state index in [9.17, 15) is 20.0 Å². The molecule has 134 valence electrons. The molecule has 1 heterocycles. The monoisotopic (exact) mass is 422 g/mol. The van der Waals surface area contributed by atoms with Crippen LogP contribution in [0.15, 0.2) is 64.0 Å². The SMILES string of the molecule is CCc1ccc(-n2cc(C(=O)c3cc(Br)ccc3O)cc(C#N)c2=O)cc1. The zero-order valence-electron chi connectivity index (χ0n) is 14.4. The normalized spacial score (nSPS) is 10.4. The Labute approximate surface area is 164 Å². The van der Waals surface area contributed by atoms with Gasteiger partial charge in [0.15, 0.2) is 5.78 Å². The van der Waals surface area contributed by atoms with Crippen LogP contribution in [0.1, 0.15) is 34.0 Å². The number of rotatable bonds is 4. The molecule has 6 heteroatoms. The van der Waals surface area contributed by atoms with E-state index in [1.807, 2.05) is 25.1 Å². The second-order valence-electron chi connectivity index (χ2n) is 5.94. The van der Waals surface area contributed by atoms with Gasteiger partial charge in [-0.1, -0.05) is 35.0 Å². The zero-order valence-corrected chi connectivity index (χ0v) is 16.0. The molecule has 0 fully saturated rings. The molecule has 1 N–H and O–H groups in total. The molecule has 0 aliphatic carbocycles. The highest BCUT2D eigenvalue weighted by Gasteiger charge is 2.18. The number of hydrogen-bond donors (Lipinski definition) is 1. The largest absolute Gasteiger partial charge is 0.507 e. The molecule has 0 saturated heterocycles. The average molecular weight is 423 g/mol. The molecule has 0 bridgehead atoms. The standard InChI is InChI=1S/C21H15BrN2O3/c1-2-13-3-6-17(7-4-13)24-12-15(9-14(11-23)21(24)27)20(26)18-10-16(22)5-8-19(18)25/h3-10,12,25H,2H2,1H3. The van der Waals surface area contributed by atoms with E-state index in [2.05, 4.69) is 15.9 Å². The summed E-state index contributed by atoms with van der Waals surface area (Å²) in [5, 5.41) is 19.3. The Kier molecular flexibility index (Phi) is 5.24. The van der Waals surface area contributed by atoms with E-state index in [4.69, 9.17) is 0 Å². The minimum absolute atomic E-state index is 0.0831. The maximum atomic E-state index is 12.9. The number of pyridine rings is 1. The van der Waals surface area contributed by atoms with E-state index >= 15 is 0 Å². The number of hydrogen-bond acceptors (Lipinski definition) is 4. The number of nitriles is 1. The van der Waals surface area contributed by atoms with Crippen molar-refractivity contribution in [1.29, 1.82) is 5.26 Å². The van der Waals surface area contributed by atoms with Gasteiger partial charge in [0.2, 0.25) is 0 Å². The van der Waals surface area contributed by atoms with Crippen molar-refractivity contribution >= 4 is 21.7 Å². The number of aromatic hydroxyl groups is 1. The van der Waals surface area contributed by atoms with Crippen LogP contribution < -0.4 is 5.56 Å². The summed E-state index contributed by atoms with van der Waals surface area (Å²) in [4.78, 5) is 25.4. The van der Waals surface area contributed by atoms with Crippen molar-refractivity contribution in [1.82, 2.24) is 4.57 Å². The molecule has 0 radical (unpaired) electrons. The number of carbonyl (C=O) groups is 1. The van der Waals surface area contributed by atoms with Crippen LogP contribution in [-0.2, 0) is 6.42 Å². The number of benzene rings is 2. The molecule has 0 spiro atoms. The molecule has 5 nitrogen and oxygen atoms in total. The zero-order chi connectivity index (χ0) is 19.6. The first-order valence-corrected chi connectivity index (χ1v) is 9.03. The summed E-state index contributed by atoms with van der Waals surface area (Å²) in [6.07, 6.45) is 2.26. The molecule has 2 aromatic carbocycles. The number of phenols is 1. The predicted octanol–water partition coefficient (Wildman–Crippen LogP) is 3.97. The van der Waals surface area contributed by atoms with Crippen molar-refractivity contribution in [2.45, 2.75) is 13.3 Å². The number of aromatic nitrogens is 1. The van der Waals surface area contributed by atoms with Crippen molar-refractivity contribution in [2.24, 2.45) is 0 Å². The Morgan fingerprint density at radius 1 is 1.19 bits per heavy atom. The van der Waals surface area contributed by atoms with Gasteiger partial charge in [-0.05, 0) is 48.4 Å². The number of halogens is 1. The Morgan fingerprint density at radius 3 is 2.52 bits per heavy atom. The molecule has 0 aliphatic heterocycles. The Bertz CT molecular complexity index is 1130. The number of nitrogens with zero attached hydrogens (tertiary/aromatic N) is 2. The van der Waals surface area contributed by atoms with E-state index in [0.29, 0.717) is 10.2 Å². The summed E-state index contributed by atoms with van der Waals surface area (Å²) in [6.45, 7) is 2.03. The summed E-state index contributed by atoms with van der Waals surface area (Å²) in [7, 11) is 0. The highest BCUT2D eigenvalue weighted by Crippen LogP contribution is 2.25. The second-order valence-corrected chi connectivity index (χ2v) is 6.86. The summed E-state index contributed by atoms with van der Waals surface area (Å²) in [6, 6.07) is 14.9. The average Bonchev–Trinajstić information content (AvgIpc) is 2.69. The van der Waals surface area contributed by atoms with Crippen molar-refractivity contribution in [3.05, 3.63) is 91.8 Å². The van der Waals surface area contributed by atoms with Gasteiger partial charge in [-0.15, -0.1) is 0 Å². The lowest BCUT2D eigenvalue weighted by atomic mass is 10.0. The summed E-state index contributed by atoms with van der Waals surface area (Å²) in [5.41, 5.74) is 1.24. The van der Waals surface area contributed by atoms with Crippen LogP contribution in [0.2, 0.25) is 0 Å². The Hall–Kier alpha value is -3.17. The van der Waals surface area contributed by atoms with Crippen LogP contribution in [0.25, 0.3) is 5.69 Å². The molecular formula is C21H15BrN2O3. The first-order valence-electron chi connectivity index (χ1n) is 8.24. The lowest BCUT2D eigenvalue weighted by Crippen LogP contribution is -2.22. The molecular weight excluding hydrogens is 408 g/mol. The summed E-state index contributed by atoms with van der Waals surface area (Å²) in [5.74, 6) is -0.656. The molecule has 0 aliphatic rings. The molecule has 0 unspecified atom stereocenters. The Morgan fingerprint density at radius 2 is 1.89 bits per heavy atom. The minimum atomic E-state index is -0.503. The summed E-state index contributed by atoms with van der Waals surface area (Å²) >= 11 is 3.27. The quantitative estimate of drug-likeness (QED) is 0.644. The van der Waals surface area contributed by atoms with Crippen LogP contribution in [0.4, 0.5) is 0 Å². The third kappa shape index (κ3) is 3.69. The molecule has 3 aromatic rings. The smallest absolute Gasteiger partial charge is 0.273 e. The van der Waals surface area contributed by atoms with Gasteiger partial charge in [-0.2, -0.15) is 5.26 Å². The molecule has 0 saturated carbocycles. The first-order chi connectivity index (χ1) is 12.9. The van der Waals surface area contributed by atoms with Gasteiger partial charge < -0.3 is 5.11 Å². The van der Waals surface area contributed by atoms with E-state index in [0.717, 1.165) is 12.0 Å². The number of aryl methyl sites for hydroxylation is 1. The Balaban J connectivity index is 2.17. The first kappa shape index (κ1) is 18.6. The van der Waals surface area contributed by atoms with Gasteiger partial charge >= 0.3 is 0 Å². The second kappa shape index (κ2) is 7.60. The predicted molar refractivity (Wildman–Crippen MR) is 105 cm³/mol. The fourth-order valence-electron chi connectivity index (χ4n) is 2.72. The van der Waals surface area contributed by atoms with Crippen molar-refractivity contribution in [3.8, 4) is 17.5 Å². The van der Waals surface area contributed by atoms with E-state index in [-0.39, 0.29) is 22.4 Å². The molecule has 3 rings (SSSR count). The van der Waals surface area contributed by atoms with Gasteiger partial charge in [0.1, 0.15) is 17.4 Å². The van der Waals surface area contributed by atoms with Crippen LogP contribution in [0, 0.1) is 11.3 Å². The minimum Gasteiger partial charge on any atom is -0.507 e. The third-order valence-corrected chi connectivity index (χ3v) is 4.72. The van der Waals surface area contributed by atoms with Gasteiger partial charge in [0.25, 0.3) is 5.56 Å². The fraction of sp³-hybridized carbons (Fsp3) is 0.0952.